The molecule has 0 unspecified atom stereocenters. The van der Waals surface area contributed by atoms with Gasteiger partial charge in [0.05, 0.1) is 5.56 Å². The van der Waals surface area contributed by atoms with Gasteiger partial charge in [-0.1, -0.05) is 18.2 Å². The molecule has 1 aromatic rings. The van der Waals surface area contributed by atoms with Crippen molar-refractivity contribution in [3.05, 3.63) is 35.4 Å². The normalized spacial score (nSPS) is 8.50. The van der Waals surface area contributed by atoms with Crippen molar-refractivity contribution in [2.24, 2.45) is 5.90 Å². The van der Waals surface area contributed by atoms with E-state index in [0.29, 0.717) is 5.56 Å². The van der Waals surface area contributed by atoms with Gasteiger partial charge in [0.15, 0.2) is 0 Å². The van der Waals surface area contributed by atoms with E-state index in [0.717, 1.165) is 5.56 Å². The van der Waals surface area contributed by atoms with Gasteiger partial charge >= 0.3 is 5.97 Å². The molecule has 0 heterocycles. The maximum atomic E-state index is 10.9. The van der Waals surface area contributed by atoms with Gasteiger partial charge in [-0.25, -0.2) is 4.79 Å². The maximum Gasteiger partial charge on any atom is 0.356 e. The predicted molar refractivity (Wildman–Crippen MR) is 48.0 cm³/mol. The molecule has 3 nitrogen and oxygen atoms in total. The van der Waals surface area contributed by atoms with Crippen LogP contribution in [0.2, 0.25) is 0 Å². The summed E-state index contributed by atoms with van der Waals surface area (Å²) in [4.78, 5) is 15.0. The molecule has 0 radical (unpaired) electrons. The summed E-state index contributed by atoms with van der Waals surface area (Å²) in [5, 5.41) is 0. The fraction of sp³-hybridized carbons (Fsp3) is 0.125. The number of rotatable bonds is 1. The lowest BCUT2D eigenvalue weighted by Crippen LogP contribution is -2.11. The number of carbonyl (C=O) groups excluding carboxylic acids is 1. The van der Waals surface area contributed by atoms with Crippen molar-refractivity contribution < 1.29 is 9.63 Å². The summed E-state index contributed by atoms with van der Waals surface area (Å²) in [6, 6.07) is 7.11. The Labute approximate surface area is 76.9 Å². The number of halogens is 1. The first kappa shape index (κ1) is 10.9. The largest absolute Gasteiger partial charge is 0.370 e. The Hall–Kier alpha value is -1.06. The smallest absolute Gasteiger partial charge is 0.356 e. The summed E-state index contributed by atoms with van der Waals surface area (Å²) in [7, 11) is 0. The van der Waals surface area contributed by atoms with Crippen LogP contribution in [0.4, 0.5) is 0 Å². The molecule has 0 fully saturated rings. The van der Waals surface area contributed by atoms with Gasteiger partial charge in [0, 0.05) is 0 Å². The first-order valence-corrected chi connectivity index (χ1v) is 3.22. The lowest BCUT2D eigenvalue weighted by molar-refractivity contribution is 0.0502. The topological polar surface area (TPSA) is 52.3 Å². The van der Waals surface area contributed by atoms with E-state index >= 15 is 0 Å². The second-order valence-corrected chi connectivity index (χ2v) is 2.22. The van der Waals surface area contributed by atoms with Crippen molar-refractivity contribution in [3.63, 3.8) is 0 Å². The van der Waals surface area contributed by atoms with Gasteiger partial charge in [-0.2, -0.15) is 5.90 Å². The molecule has 12 heavy (non-hydrogen) atoms. The highest BCUT2D eigenvalue weighted by molar-refractivity contribution is 5.90. The Morgan fingerprint density at radius 1 is 1.42 bits per heavy atom. The van der Waals surface area contributed by atoms with Crippen molar-refractivity contribution in [1.29, 1.82) is 0 Å². The van der Waals surface area contributed by atoms with Gasteiger partial charge in [-0.05, 0) is 18.6 Å². The zero-order valence-corrected chi connectivity index (χ0v) is 7.43. The molecule has 0 saturated carbocycles. The van der Waals surface area contributed by atoms with Crippen LogP contribution in [0.1, 0.15) is 15.9 Å². The van der Waals surface area contributed by atoms with E-state index in [1.165, 1.54) is 0 Å². The van der Waals surface area contributed by atoms with Crippen molar-refractivity contribution >= 4 is 18.4 Å². The van der Waals surface area contributed by atoms with Crippen LogP contribution in [0.25, 0.3) is 0 Å². The van der Waals surface area contributed by atoms with Crippen LogP contribution in [0.3, 0.4) is 0 Å². The third kappa shape index (κ3) is 2.22. The monoisotopic (exact) mass is 187 g/mol. The average molecular weight is 188 g/mol. The van der Waals surface area contributed by atoms with Gasteiger partial charge in [0.1, 0.15) is 0 Å². The van der Waals surface area contributed by atoms with Crippen LogP contribution < -0.4 is 5.90 Å². The Morgan fingerprint density at radius 2 is 2.00 bits per heavy atom. The van der Waals surface area contributed by atoms with Gasteiger partial charge in [0.25, 0.3) is 0 Å². The fourth-order valence-electron chi connectivity index (χ4n) is 0.865. The quantitative estimate of drug-likeness (QED) is 0.677. The molecular formula is C8H10ClNO2. The Kier molecular flexibility index (Phi) is 4.33. The van der Waals surface area contributed by atoms with E-state index in [9.17, 15) is 4.79 Å². The molecule has 0 spiro atoms. The number of carbonyl (C=O) groups is 1. The molecule has 0 aliphatic heterocycles. The van der Waals surface area contributed by atoms with E-state index in [2.05, 4.69) is 4.84 Å². The second kappa shape index (κ2) is 4.74. The number of benzene rings is 1. The summed E-state index contributed by atoms with van der Waals surface area (Å²) in [6.07, 6.45) is 0. The zero-order valence-electron chi connectivity index (χ0n) is 6.61. The number of aryl methyl sites for hydroxylation is 1. The summed E-state index contributed by atoms with van der Waals surface area (Å²) in [5.41, 5.74) is 1.37. The minimum Gasteiger partial charge on any atom is -0.370 e. The molecule has 1 rings (SSSR count). The molecule has 0 aromatic heterocycles. The van der Waals surface area contributed by atoms with Gasteiger partial charge in [0.2, 0.25) is 0 Å². The summed E-state index contributed by atoms with van der Waals surface area (Å²) >= 11 is 0. The van der Waals surface area contributed by atoms with Crippen LogP contribution in [0, 0.1) is 6.92 Å². The third-order valence-corrected chi connectivity index (χ3v) is 1.47. The van der Waals surface area contributed by atoms with Crippen molar-refractivity contribution in [2.45, 2.75) is 6.92 Å². The van der Waals surface area contributed by atoms with Gasteiger partial charge in [-0.3, -0.25) is 0 Å². The molecule has 0 atom stereocenters. The molecule has 1 aromatic carbocycles. The second-order valence-electron chi connectivity index (χ2n) is 2.22. The number of hydrogen-bond donors (Lipinski definition) is 1. The standard InChI is InChI=1S/C8H9NO2.ClH/c1-6-4-2-3-5-7(6)8(10)11-9;/h2-5H,9H2,1H3;1H. The van der Waals surface area contributed by atoms with Crippen LogP contribution in [-0.4, -0.2) is 5.97 Å². The fourth-order valence-corrected chi connectivity index (χ4v) is 0.865. The minimum atomic E-state index is -0.497. The van der Waals surface area contributed by atoms with Gasteiger partial charge in [-0.15, -0.1) is 12.4 Å². The van der Waals surface area contributed by atoms with Crippen LogP contribution in [0.15, 0.2) is 24.3 Å². The lowest BCUT2D eigenvalue weighted by Gasteiger charge is -2.00. The highest BCUT2D eigenvalue weighted by Crippen LogP contribution is 2.06. The lowest BCUT2D eigenvalue weighted by atomic mass is 10.1. The first-order valence-electron chi connectivity index (χ1n) is 3.22. The Morgan fingerprint density at radius 3 is 2.50 bits per heavy atom. The molecule has 66 valence electrons. The zero-order chi connectivity index (χ0) is 8.27. The average Bonchev–Trinajstić information content (AvgIpc) is 2.04. The molecule has 0 bridgehead atoms. The molecule has 2 N–H and O–H groups in total. The molecule has 0 amide bonds. The SMILES string of the molecule is Cc1ccccc1C(=O)ON.Cl. The Bertz CT molecular complexity index is 276. The van der Waals surface area contributed by atoms with Crippen LogP contribution >= 0.6 is 12.4 Å². The molecule has 0 saturated heterocycles. The summed E-state index contributed by atoms with van der Waals surface area (Å²) < 4.78 is 0. The highest BCUT2D eigenvalue weighted by atomic mass is 35.5. The maximum absolute atomic E-state index is 10.9. The minimum absolute atomic E-state index is 0. The molecule has 0 aliphatic carbocycles. The molecule has 4 heteroatoms. The highest BCUT2D eigenvalue weighted by Gasteiger charge is 2.06. The number of nitrogens with two attached hydrogens (primary N) is 1. The summed E-state index contributed by atoms with van der Waals surface area (Å²) in [6.45, 7) is 1.83. The molecule has 0 aliphatic rings. The first-order chi connectivity index (χ1) is 5.25. The van der Waals surface area contributed by atoms with E-state index < -0.39 is 5.97 Å². The van der Waals surface area contributed by atoms with Crippen molar-refractivity contribution in [2.75, 3.05) is 0 Å². The predicted octanol–water partition coefficient (Wildman–Crippen LogP) is 1.45. The van der Waals surface area contributed by atoms with Crippen LogP contribution in [0.5, 0.6) is 0 Å². The van der Waals surface area contributed by atoms with E-state index in [4.69, 9.17) is 5.90 Å². The number of hydrogen-bond acceptors (Lipinski definition) is 3. The third-order valence-electron chi connectivity index (χ3n) is 1.47. The Balaban J connectivity index is 0.00000121. The van der Waals surface area contributed by atoms with E-state index in [1.807, 2.05) is 19.1 Å². The van der Waals surface area contributed by atoms with E-state index in [-0.39, 0.29) is 12.4 Å². The van der Waals surface area contributed by atoms with Crippen LogP contribution in [-0.2, 0) is 4.84 Å². The van der Waals surface area contributed by atoms with Crippen molar-refractivity contribution in [3.8, 4) is 0 Å². The molecular weight excluding hydrogens is 178 g/mol. The van der Waals surface area contributed by atoms with Crippen molar-refractivity contribution in [1.82, 2.24) is 0 Å². The van der Waals surface area contributed by atoms with Gasteiger partial charge < -0.3 is 4.84 Å². The van der Waals surface area contributed by atoms with E-state index in [1.54, 1.807) is 12.1 Å². The summed E-state index contributed by atoms with van der Waals surface area (Å²) in [5.74, 6) is 4.23.